The molecule has 1 atom stereocenters. The normalized spacial score (nSPS) is 14.2. The number of carbonyl (C=O) groups excluding carboxylic acids is 1. The summed E-state index contributed by atoms with van der Waals surface area (Å²) in [7, 11) is 4.66. The van der Waals surface area contributed by atoms with Crippen LogP contribution < -0.4 is 29.6 Å². The molecule has 1 aliphatic heterocycles. The van der Waals surface area contributed by atoms with E-state index in [0.29, 0.717) is 52.5 Å². The Hall–Kier alpha value is -5.06. The fourth-order valence-electron chi connectivity index (χ4n) is 4.42. The molecule has 200 valence electrons. The first-order chi connectivity index (χ1) is 19.0. The Morgan fingerprint density at radius 1 is 0.949 bits per heavy atom. The van der Waals surface area contributed by atoms with E-state index in [2.05, 4.69) is 26.2 Å². The van der Waals surface area contributed by atoms with Gasteiger partial charge in [-0.15, -0.1) is 0 Å². The van der Waals surface area contributed by atoms with Gasteiger partial charge in [0.05, 0.1) is 32.6 Å². The van der Waals surface area contributed by atoms with Crippen LogP contribution in [0.3, 0.4) is 0 Å². The van der Waals surface area contributed by atoms with Crippen molar-refractivity contribution in [3.8, 4) is 23.0 Å². The fourth-order valence-corrected chi connectivity index (χ4v) is 4.42. The molecule has 1 amide bonds. The molecule has 4 aromatic rings. The number of aromatic nitrogens is 4. The molecule has 5 rings (SSSR count). The van der Waals surface area contributed by atoms with Crippen LogP contribution in [0, 0.1) is 0 Å². The highest BCUT2D eigenvalue weighted by molar-refractivity contribution is 6.06. The monoisotopic (exact) mass is 528 g/mol. The van der Waals surface area contributed by atoms with Crippen molar-refractivity contribution >= 4 is 17.5 Å². The van der Waals surface area contributed by atoms with Crippen molar-refractivity contribution in [1.29, 1.82) is 0 Å². The zero-order chi connectivity index (χ0) is 27.4. The summed E-state index contributed by atoms with van der Waals surface area (Å²) in [6.45, 7) is 2.19. The first-order valence-corrected chi connectivity index (χ1v) is 12.2. The molecule has 11 nitrogen and oxygen atoms in total. The number of nitrogens with one attached hydrogen (secondary N) is 2. The molecule has 1 unspecified atom stereocenters. The zero-order valence-corrected chi connectivity index (χ0v) is 22.0. The molecule has 0 spiro atoms. The Kier molecular flexibility index (Phi) is 7.30. The van der Waals surface area contributed by atoms with E-state index in [-0.39, 0.29) is 5.91 Å². The van der Waals surface area contributed by atoms with Crippen molar-refractivity contribution in [2.24, 2.45) is 0 Å². The zero-order valence-electron chi connectivity index (χ0n) is 22.0. The average molecular weight is 529 g/mol. The molecule has 1 aliphatic rings. The lowest BCUT2D eigenvalue weighted by atomic mass is 9.94. The number of nitrogens with zero attached hydrogens (tertiary/aromatic N) is 4. The molecule has 0 aliphatic carbocycles. The Morgan fingerprint density at radius 3 is 2.46 bits per heavy atom. The largest absolute Gasteiger partial charge is 0.497 e. The van der Waals surface area contributed by atoms with E-state index < -0.39 is 6.04 Å². The number of amides is 1. The van der Waals surface area contributed by atoms with E-state index >= 15 is 0 Å². The summed E-state index contributed by atoms with van der Waals surface area (Å²) in [5, 5.41) is 18.1. The highest BCUT2D eigenvalue weighted by Gasteiger charge is 2.35. The Morgan fingerprint density at radius 2 is 1.72 bits per heavy atom. The molecule has 0 fully saturated rings. The van der Waals surface area contributed by atoms with E-state index in [1.54, 1.807) is 44.0 Å². The first kappa shape index (κ1) is 25.6. The molecule has 0 saturated heterocycles. The number of hydrogen-bond acceptors (Lipinski definition) is 9. The van der Waals surface area contributed by atoms with Gasteiger partial charge >= 0.3 is 0 Å². The number of allylic oxidation sites excluding steroid dienone is 1. The van der Waals surface area contributed by atoms with Gasteiger partial charge in [0.2, 0.25) is 5.95 Å². The maximum absolute atomic E-state index is 13.8. The van der Waals surface area contributed by atoms with Crippen molar-refractivity contribution in [2.75, 3.05) is 32.0 Å². The third-order valence-electron chi connectivity index (χ3n) is 6.35. The number of benzene rings is 3. The third kappa shape index (κ3) is 5.19. The lowest BCUT2D eigenvalue weighted by Crippen LogP contribution is -2.31. The second-order valence-corrected chi connectivity index (χ2v) is 8.72. The number of tetrazole rings is 1. The molecule has 11 heteroatoms. The molecule has 0 bridgehead atoms. The minimum atomic E-state index is -0.648. The average Bonchev–Trinajstić information content (AvgIpc) is 3.43. The van der Waals surface area contributed by atoms with Gasteiger partial charge in [0, 0.05) is 11.8 Å². The quantitative estimate of drug-likeness (QED) is 0.329. The summed E-state index contributed by atoms with van der Waals surface area (Å²) in [6, 6.07) is 19.9. The number of carbonyl (C=O) groups is 1. The van der Waals surface area contributed by atoms with Gasteiger partial charge in [-0.2, -0.15) is 4.68 Å². The molecule has 0 radical (unpaired) electrons. The lowest BCUT2D eigenvalue weighted by molar-refractivity contribution is -0.113. The van der Waals surface area contributed by atoms with Gasteiger partial charge in [-0.25, -0.2) is 0 Å². The molecular weight excluding hydrogens is 500 g/mol. The van der Waals surface area contributed by atoms with Crippen molar-refractivity contribution in [3.63, 3.8) is 0 Å². The van der Waals surface area contributed by atoms with Crippen LogP contribution in [0.2, 0.25) is 0 Å². The standard InChI is InChI=1S/C28H28N6O5/c1-17-25(27(35)30-21-15-20(36-2)11-13-22(21)37-3)26(34-28(29-17)31-32-33-34)19-10-12-23(24(14-19)38-4)39-16-18-8-6-5-7-9-18/h5-15,26H,16H2,1-4H3,(H,30,35)(H,29,31,33). The van der Waals surface area contributed by atoms with E-state index in [4.69, 9.17) is 18.9 Å². The SMILES string of the molecule is COc1ccc(OC)c(NC(=O)C2=C(C)Nc3nnnn3C2c2ccc(OCc3ccccc3)c(OC)c2)c1. The number of rotatable bonds is 9. The Balaban J connectivity index is 1.49. The van der Waals surface area contributed by atoms with E-state index in [9.17, 15) is 4.79 Å². The number of methoxy groups -OCH3 is 3. The van der Waals surface area contributed by atoms with Crippen LogP contribution in [0.1, 0.15) is 24.1 Å². The molecule has 0 saturated carbocycles. The van der Waals surface area contributed by atoms with Crippen molar-refractivity contribution in [2.45, 2.75) is 19.6 Å². The van der Waals surface area contributed by atoms with Crippen LogP contribution >= 0.6 is 0 Å². The highest BCUT2D eigenvalue weighted by atomic mass is 16.5. The van der Waals surface area contributed by atoms with Crippen LogP contribution in [0.15, 0.2) is 78.0 Å². The van der Waals surface area contributed by atoms with Gasteiger partial charge in [-0.3, -0.25) is 4.79 Å². The minimum absolute atomic E-state index is 0.360. The second kappa shape index (κ2) is 11.1. The van der Waals surface area contributed by atoms with Gasteiger partial charge in [0.1, 0.15) is 24.1 Å². The lowest BCUT2D eigenvalue weighted by Gasteiger charge is -2.28. The summed E-state index contributed by atoms with van der Waals surface area (Å²) in [6.07, 6.45) is 0. The number of anilines is 2. The number of fused-ring (bicyclic) bond motifs is 1. The van der Waals surface area contributed by atoms with E-state index in [1.807, 2.05) is 48.5 Å². The number of ether oxygens (including phenoxy) is 4. The predicted molar refractivity (Wildman–Crippen MR) is 144 cm³/mol. The first-order valence-electron chi connectivity index (χ1n) is 12.2. The topological polar surface area (TPSA) is 122 Å². The third-order valence-corrected chi connectivity index (χ3v) is 6.35. The number of hydrogen-bond donors (Lipinski definition) is 2. The van der Waals surface area contributed by atoms with Crippen molar-refractivity contribution < 1.29 is 23.7 Å². The fraction of sp³-hybridized carbons (Fsp3) is 0.214. The van der Waals surface area contributed by atoms with E-state index in [1.165, 1.54) is 7.11 Å². The maximum atomic E-state index is 13.8. The van der Waals surface area contributed by atoms with Crippen LogP contribution in [0.4, 0.5) is 11.6 Å². The van der Waals surface area contributed by atoms with Gasteiger partial charge in [0.25, 0.3) is 5.91 Å². The molecule has 2 heterocycles. The maximum Gasteiger partial charge on any atom is 0.255 e. The Labute approximate surface area is 225 Å². The van der Waals surface area contributed by atoms with Crippen molar-refractivity contribution in [1.82, 2.24) is 20.2 Å². The molecule has 1 aromatic heterocycles. The minimum Gasteiger partial charge on any atom is -0.497 e. The highest BCUT2D eigenvalue weighted by Crippen LogP contribution is 2.39. The summed E-state index contributed by atoms with van der Waals surface area (Å²) < 4.78 is 24.0. The predicted octanol–water partition coefficient (Wildman–Crippen LogP) is 4.21. The van der Waals surface area contributed by atoms with Gasteiger partial charge in [0.15, 0.2) is 11.5 Å². The molecule has 39 heavy (non-hydrogen) atoms. The summed E-state index contributed by atoms with van der Waals surface area (Å²) in [5.41, 5.74) is 3.25. The smallest absolute Gasteiger partial charge is 0.255 e. The van der Waals surface area contributed by atoms with Gasteiger partial charge in [-0.05, 0) is 52.7 Å². The molecule has 2 N–H and O–H groups in total. The molecule has 3 aromatic carbocycles. The van der Waals surface area contributed by atoms with Crippen LogP contribution in [-0.2, 0) is 11.4 Å². The van der Waals surface area contributed by atoms with E-state index in [0.717, 1.165) is 11.1 Å². The van der Waals surface area contributed by atoms with Crippen molar-refractivity contribution in [3.05, 3.63) is 89.1 Å². The van der Waals surface area contributed by atoms with Crippen LogP contribution in [0.25, 0.3) is 0 Å². The Bertz CT molecular complexity index is 1520. The summed E-state index contributed by atoms with van der Waals surface area (Å²) in [4.78, 5) is 13.8. The van der Waals surface area contributed by atoms with Crippen LogP contribution in [-0.4, -0.2) is 47.4 Å². The van der Waals surface area contributed by atoms with Gasteiger partial charge in [-0.1, -0.05) is 41.5 Å². The van der Waals surface area contributed by atoms with Crippen LogP contribution in [0.5, 0.6) is 23.0 Å². The summed E-state index contributed by atoms with van der Waals surface area (Å²) in [5.74, 6) is 2.21. The van der Waals surface area contributed by atoms with Gasteiger partial charge < -0.3 is 29.6 Å². The summed E-state index contributed by atoms with van der Waals surface area (Å²) >= 11 is 0. The molecular formula is C28H28N6O5. The second-order valence-electron chi connectivity index (χ2n) is 8.72.